The van der Waals surface area contributed by atoms with Crippen molar-refractivity contribution in [1.82, 2.24) is 14.8 Å². The number of carbonyl (C=O) groups is 3. The van der Waals surface area contributed by atoms with Crippen LogP contribution < -0.4 is 10.1 Å². The molecule has 3 aromatic rings. The highest BCUT2D eigenvalue weighted by atomic mass is 32.2. The van der Waals surface area contributed by atoms with E-state index >= 15 is 0 Å². The normalized spacial score (nSPS) is 10.4. The second-order valence-corrected chi connectivity index (χ2v) is 7.97. The van der Waals surface area contributed by atoms with Crippen molar-refractivity contribution in [3.05, 3.63) is 66.2 Å². The molecule has 11 heteroatoms. The van der Waals surface area contributed by atoms with Crippen molar-refractivity contribution in [3.63, 3.8) is 0 Å². The summed E-state index contributed by atoms with van der Waals surface area (Å²) in [6, 6.07) is 11.6. The van der Waals surface area contributed by atoms with Crippen LogP contribution in [0.2, 0.25) is 0 Å². The molecule has 0 aliphatic rings. The SMILES string of the molecule is C=CCn1c(SCC(=O)Nc2cc(C(=O)OC)cc(C(=O)OC)c2)nnc1-c1ccccc1OC. The van der Waals surface area contributed by atoms with Gasteiger partial charge in [-0.05, 0) is 30.3 Å². The number of amides is 1. The number of benzene rings is 2. The molecule has 0 fully saturated rings. The van der Waals surface area contributed by atoms with Gasteiger partial charge in [0.2, 0.25) is 5.91 Å². The summed E-state index contributed by atoms with van der Waals surface area (Å²) in [5.41, 5.74) is 1.22. The van der Waals surface area contributed by atoms with Gasteiger partial charge in [0.25, 0.3) is 0 Å². The summed E-state index contributed by atoms with van der Waals surface area (Å²) in [6.45, 7) is 4.22. The highest BCUT2D eigenvalue weighted by molar-refractivity contribution is 7.99. The molecule has 0 unspecified atom stereocenters. The van der Waals surface area contributed by atoms with Gasteiger partial charge in [0.1, 0.15) is 5.75 Å². The fraction of sp³-hybridized carbons (Fsp3) is 0.208. The largest absolute Gasteiger partial charge is 0.496 e. The van der Waals surface area contributed by atoms with Gasteiger partial charge in [0.15, 0.2) is 11.0 Å². The quantitative estimate of drug-likeness (QED) is 0.255. The van der Waals surface area contributed by atoms with Crippen molar-refractivity contribution in [1.29, 1.82) is 0 Å². The van der Waals surface area contributed by atoms with Crippen LogP contribution in [-0.4, -0.2) is 59.7 Å². The van der Waals surface area contributed by atoms with Crippen LogP contribution in [0.1, 0.15) is 20.7 Å². The summed E-state index contributed by atoms with van der Waals surface area (Å²) in [4.78, 5) is 36.6. The predicted octanol–water partition coefficient (Wildman–Crippen LogP) is 3.44. The van der Waals surface area contributed by atoms with E-state index in [0.29, 0.717) is 23.3 Å². The number of hydrogen-bond donors (Lipinski definition) is 1. The zero-order chi connectivity index (χ0) is 25.4. The van der Waals surface area contributed by atoms with Crippen LogP contribution in [0.5, 0.6) is 5.75 Å². The first-order chi connectivity index (χ1) is 16.9. The summed E-state index contributed by atoms with van der Waals surface area (Å²) in [6.07, 6.45) is 1.71. The molecule has 1 heterocycles. The molecular formula is C24H24N4O6S. The van der Waals surface area contributed by atoms with Gasteiger partial charge in [-0.15, -0.1) is 16.8 Å². The lowest BCUT2D eigenvalue weighted by Gasteiger charge is -2.11. The Labute approximate surface area is 206 Å². The molecule has 0 radical (unpaired) electrons. The summed E-state index contributed by atoms with van der Waals surface area (Å²) in [5.74, 6) is -0.453. The molecule has 0 aliphatic heterocycles. The maximum Gasteiger partial charge on any atom is 0.337 e. The first-order valence-corrected chi connectivity index (χ1v) is 11.3. The van der Waals surface area contributed by atoms with E-state index in [-0.39, 0.29) is 28.5 Å². The number of nitrogens with one attached hydrogen (secondary N) is 1. The van der Waals surface area contributed by atoms with Crippen LogP contribution >= 0.6 is 11.8 Å². The highest BCUT2D eigenvalue weighted by Crippen LogP contribution is 2.31. The number of rotatable bonds is 10. The number of methoxy groups -OCH3 is 3. The number of nitrogens with zero attached hydrogens (tertiary/aromatic N) is 3. The molecule has 2 aromatic carbocycles. The van der Waals surface area contributed by atoms with E-state index in [1.165, 1.54) is 44.2 Å². The van der Waals surface area contributed by atoms with Crippen LogP contribution in [0.25, 0.3) is 11.4 Å². The number of ether oxygens (including phenoxy) is 3. The molecule has 0 saturated carbocycles. The fourth-order valence-corrected chi connectivity index (χ4v) is 3.96. The molecule has 3 rings (SSSR count). The van der Waals surface area contributed by atoms with E-state index in [4.69, 9.17) is 14.2 Å². The zero-order valence-corrected chi connectivity index (χ0v) is 20.3. The van der Waals surface area contributed by atoms with Crippen molar-refractivity contribution in [2.75, 3.05) is 32.4 Å². The average Bonchev–Trinajstić information content (AvgIpc) is 3.28. The Morgan fingerprint density at radius 2 is 1.69 bits per heavy atom. The number of hydrogen-bond acceptors (Lipinski definition) is 9. The van der Waals surface area contributed by atoms with Crippen LogP contribution in [0.4, 0.5) is 5.69 Å². The second-order valence-electron chi connectivity index (χ2n) is 7.02. The van der Waals surface area contributed by atoms with Gasteiger partial charge in [0, 0.05) is 12.2 Å². The van der Waals surface area contributed by atoms with E-state index < -0.39 is 11.9 Å². The first-order valence-electron chi connectivity index (χ1n) is 10.3. The smallest absolute Gasteiger partial charge is 0.337 e. The third-order valence-electron chi connectivity index (χ3n) is 4.77. The molecule has 1 aromatic heterocycles. The van der Waals surface area contributed by atoms with Gasteiger partial charge in [-0.1, -0.05) is 30.0 Å². The van der Waals surface area contributed by atoms with Crippen molar-refractivity contribution < 1.29 is 28.6 Å². The lowest BCUT2D eigenvalue weighted by atomic mass is 10.1. The van der Waals surface area contributed by atoms with Gasteiger partial charge in [0.05, 0.1) is 43.8 Å². The zero-order valence-electron chi connectivity index (χ0n) is 19.4. The molecule has 1 N–H and O–H groups in total. The van der Waals surface area contributed by atoms with Crippen LogP contribution in [0, 0.1) is 0 Å². The number of esters is 2. The Morgan fingerprint density at radius 1 is 1.03 bits per heavy atom. The molecule has 0 bridgehead atoms. The number of carbonyl (C=O) groups excluding carboxylic acids is 3. The first kappa shape index (κ1) is 25.5. The number of para-hydroxylation sites is 1. The minimum absolute atomic E-state index is 0.00277. The molecular weight excluding hydrogens is 472 g/mol. The molecule has 182 valence electrons. The number of thioether (sulfide) groups is 1. The van der Waals surface area contributed by atoms with Gasteiger partial charge in [-0.2, -0.15) is 0 Å². The van der Waals surface area contributed by atoms with E-state index in [9.17, 15) is 14.4 Å². The Bertz CT molecular complexity index is 1220. The van der Waals surface area contributed by atoms with Crippen molar-refractivity contribution >= 4 is 35.3 Å². The molecule has 10 nitrogen and oxygen atoms in total. The van der Waals surface area contributed by atoms with Gasteiger partial charge in [-0.3, -0.25) is 9.36 Å². The standard InChI is InChI=1S/C24H24N4O6S/c1-5-10-28-21(18-8-6-7-9-19(18)32-2)26-27-24(28)35-14-20(29)25-17-12-15(22(30)33-3)11-16(13-17)23(31)34-4/h5-9,11-13H,1,10,14H2,2-4H3,(H,25,29). The van der Waals surface area contributed by atoms with E-state index in [2.05, 4.69) is 22.1 Å². The lowest BCUT2D eigenvalue weighted by Crippen LogP contribution is -2.16. The van der Waals surface area contributed by atoms with Crippen molar-refractivity contribution in [3.8, 4) is 17.1 Å². The minimum atomic E-state index is -0.651. The number of allylic oxidation sites excluding steroid dienone is 1. The molecule has 1 amide bonds. The average molecular weight is 497 g/mol. The molecule has 0 aliphatic carbocycles. The Morgan fingerprint density at radius 3 is 2.29 bits per heavy atom. The summed E-state index contributed by atoms with van der Waals surface area (Å²) >= 11 is 1.18. The van der Waals surface area contributed by atoms with Crippen molar-refractivity contribution in [2.24, 2.45) is 0 Å². The number of aromatic nitrogens is 3. The Balaban J connectivity index is 1.79. The topological polar surface area (TPSA) is 122 Å². The van der Waals surface area contributed by atoms with Crippen LogP contribution in [-0.2, 0) is 20.8 Å². The van der Waals surface area contributed by atoms with Crippen LogP contribution in [0.15, 0.2) is 60.3 Å². The third kappa shape index (κ3) is 6.07. The maximum atomic E-state index is 12.7. The minimum Gasteiger partial charge on any atom is -0.496 e. The predicted molar refractivity (Wildman–Crippen MR) is 131 cm³/mol. The van der Waals surface area contributed by atoms with Gasteiger partial charge < -0.3 is 19.5 Å². The Kier molecular flexibility index (Phi) is 8.63. The highest BCUT2D eigenvalue weighted by Gasteiger charge is 2.19. The maximum absolute atomic E-state index is 12.7. The second kappa shape index (κ2) is 11.8. The Hall–Kier alpha value is -4.12. The van der Waals surface area contributed by atoms with Crippen molar-refractivity contribution in [2.45, 2.75) is 11.7 Å². The summed E-state index contributed by atoms with van der Waals surface area (Å²) in [5, 5.41) is 11.7. The molecule has 0 spiro atoms. The van der Waals surface area contributed by atoms with E-state index in [1.807, 2.05) is 28.8 Å². The molecule has 0 atom stereocenters. The molecule has 35 heavy (non-hydrogen) atoms. The van der Waals surface area contributed by atoms with E-state index in [1.54, 1.807) is 13.2 Å². The monoisotopic (exact) mass is 496 g/mol. The number of anilines is 1. The van der Waals surface area contributed by atoms with E-state index in [0.717, 1.165) is 5.56 Å². The van der Waals surface area contributed by atoms with Gasteiger partial charge in [-0.25, -0.2) is 9.59 Å². The fourth-order valence-electron chi connectivity index (χ4n) is 3.22. The van der Waals surface area contributed by atoms with Gasteiger partial charge >= 0.3 is 11.9 Å². The molecule has 0 saturated heterocycles. The van der Waals surface area contributed by atoms with Crippen LogP contribution in [0.3, 0.4) is 0 Å². The summed E-state index contributed by atoms with van der Waals surface area (Å²) < 4.78 is 16.7. The summed E-state index contributed by atoms with van der Waals surface area (Å²) in [7, 11) is 4.02. The lowest BCUT2D eigenvalue weighted by molar-refractivity contribution is -0.113. The third-order valence-corrected chi connectivity index (χ3v) is 5.73.